The van der Waals surface area contributed by atoms with Crippen molar-refractivity contribution in [3.63, 3.8) is 0 Å². The van der Waals surface area contributed by atoms with Crippen LogP contribution in [-0.4, -0.2) is 47.6 Å². The molecule has 2 amide bonds. The fraction of sp³-hybridized carbons (Fsp3) is 0.800. The van der Waals surface area contributed by atoms with E-state index in [1.54, 1.807) is 18.9 Å². The second-order valence-electron chi connectivity index (χ2n) is 4.06. The van der Waals surface area contributed by atoms with Gasteiger partial charge in [0, 0.05) is 20.0 Å². The summed E-state index contributed by atoms with van der Waals surface area (Å²) in [7, 11) is 1.69. The number of hydrogen-bond donors (Lipinski definition) is 2. The summed E-state index contributed by atoms with van der Waals surface area (Å²) in [4.78, 5) is 24.2. The van der Waals surface area contributed by atoms with Crippen molar-refractivity contribution in [1.82, 2.24) is 10.2 Å². The Kier molecular flexibility index (Phi) is 4.08. The van der Waals surface area contributed by atoms with Gasteiger partial charge in [-0.1, -0.05) is 0 Å². The Morgan fingerprint density at radius 2 is 2.40 bits per heavy atom. The molecular weight excluding hydrogens is 196 g/mol. The maximum atomic E-state index is 11.7. The van der Waals surface area contributed by atoms with Crippen LogP contribution >= 0.6 is 0 Å². The maximum absolute atomic E-state index is 11.7. The van der Waals surface area contributed by atoms with Crippen molar-refractivity contribution >= 4 is 11.8 Å². The van der Waals surface area contributed by atoms with E-state index in [-0.39, 0.29) is 17.9 Å². The summed E-state index contributed by atoms with van der Waals surface area (Å²) in [6.07, 6.45) is 1.17. The van der Waals surface area contributed by atoms with Crippen molar-refractivity contribution in [3.05, 3.63) is 0 Å². The summed E-state index contributed by atoms with van der Waals surface area (Å²) in [5, 5.41) is 11.7. The number of aliphatic hydroxyl groups excluding tert-OH is 1. The van der Waals surface area contributed by atoms with Crippen LogP contribution in [0, 0.1) is 0 Å². The van der Waals surface area contributed by atoms with Crippen LogP contribution in [0.2, 0.25) is 0 Å². The van der Waals surface area contributed by atoms with Crippen LogP contribution in [0.3, 0.4) is 0 Å². The number of carbonyl (C=O) groups is 2. The molecule has 0 aromatic heterocycles. The lowest BCUT2D eigenvalue weighted by atomic mass is 10.2. The molecule has 1 heterocycles. The van der Waals surface area contributed by atoms with Gasteiger partial charge >= 0.3 is 0 Å². The normalized spacial score (nSPS) is 22.3. The third-order valence-corrected chi connectivity index (χ3v) is 2.55. The predicted octanol–water partition coefficient (Wildman–Crippen LogP) is -0.506. The lowest BCUT2D eigenvalue weighted by Gasteiger charge is -2.21. The first-order chi connectivity index (χ1) is 7.00. The third kappa shape index (κ3) is 3.51. The minimum absolute atomic E-state index is 0.0581. The first-order valence-corrected chi connectivity index (χ1v) is 5.23. The van der Waals surface area contributed by atoms with Crippen molar-refractivity contribution in [2.24, 2.45) is 0 Å². The van der Waals surface area contributed by atoms with Gasteiger partial charge in [-0.2, -0.15) is 0 Å². The Bertz CT molecular complexity index is 253. The van der Waals surface area contributed by atoms with Crippen LogP contribution in [0.5, 0.6) is 0 Å². The Balaban J connectivity index is 2.35. The Hall–Kier alpha value is -1.10. The molecule has 1 unspecified atom stereocenters. The predicted molar refractivity (Wildman–Crippen MR) is 55.1 cm³/mol. The van der Waals surface area contributed by atoms with Gasteiger partial charge in [0.15, 0.2) is 0 Å². The molecular formula is C10H18N2O3. The fourth-order valence-corrected chi connectivity index (χ4v) is 1.56. The summed E-state index contributed by atoms with van der Waals surface area (Å²) < 4.78 is 0. The molecule has 1 aliphatic heterocycles. The van der Waals surface area contributed by atoms with Gasteiger partial charge in [-0.25, -0.2) is 0 Å². The molecule has 1 fully saturated rings. The molecule has 1 saturated heterocycles. The quantitative estimate of drug-likeness (QED) is 0.662. The van der Waals surface area contributed by atoms with E-state index in [1.165, 1.54) is 0 Å². The topological polar surface area (TPSA) is 69.6 Å². The number of nitrogens with zero attached hydrogens (tertiary/aromatic N) is 1. The highest BCUT2D eigenvalue weighted by Crippen LogP contribution is 2.09. The molecule has 0 saturated carbocycles. The van der Waals surface area contributed by atoms with Crippen LogP contribution in [0.15, 0.2) is 0 Å². The monoisotopic (exact) mass is 214 g/mol. The zero-order valence-electron chi connectivity index (χ0n) is 9.19. The number of amides is 2. The lowest BCUT2D eigenvalue weighted by molar-refractivity contribution is -0.133. The van der Waals surface area contributed by atoms with Gasteiger partial charge in [-0.15, -0.1) is 0 Å². The van der Waals surface area contributed by atoms with Crippen LogP contribution in [0.1, 0.15) is 26.2 Å². The molecule has 2 atom stereocenters. The van der Waals surface area contributed by atoms with Crippen molar-refractivity contribution in [1.29, 1.82) is 0 Å². The van der Waals surface area contributed by atoms with Crippen LogP contribution in [-0.2, 0) is 9.59 Å². The number of nitrogens with one attached hydrogen (secondary N) is 1. The minimum Gasteiger partial charge on any atom is -0.393 e. The SMILES string of the molecule is CC(O)CCN(C)C(=O)[C@@H]1CCC(=O)N1. The summed E-state index contributed by atoms with van der Waals surface area (Å²) in [5.74, 6) is -0.126. The first-order valence-electron chi connectivity index (χ1n) is 5.23. The Labute approximate surface area is 89.4 Å². The molecule has 0 bridgehead atoms. The van der Waals surface area contributed by atoms with Gasteiger partial charge in [-0.05, 0) is 19.8 Å². The molecule has 0 spiro atoms. The Morgan fingerprint density at radius 3 is 2.87 bits per heavy atom. The van der Waals surface area contributed by atoms with Crippen LogP contribution in [0.25, 0.3) is 0 Å². The maximum Gasteiger partial charge on any atom is 0.244 e. The molecule has 0 aromatic carbocycles. The molecule has 2 N–H and O–H groups in total. The standard InChI is InChI=1S/C10H18N2O3/c1-7(13)5-6-12(2)10(15)8-3-4-9(14)11-8/h7-8,13H,3-6H2,1-2H3,(H,11,14)/t7?,8-/m0/s1. The summed E-state index contributed by atoms with van der Waals surface area (Å²) in [6, 6.07) is -0.364. The zero-order chi connectivity index (χ0) is 11.4. The first kappa shape index (κ1) is 12.0. The van der Waals surface area contributed by atoms with Gasteiger partial charge in [-0.3, -0.25) is 9.59 Å². The molecule has 5 heteroatoms. The van der Waals surface area contributed by atoms with Crippen molar-refractivity contribution in [3.8, 4) is 0 Å². The lowest BCUT2D eigenvalue weighted by Crippen LogP contribution is -2.43. The third-order valence-electron chi connectivity index (χ3n) is 2.55. The largest absolute Gasteiger partial charge is 0.393 e. The molecule has 0 radical (unpaired) electrons. The summed E-state index contributed by atoms with van der Waals surface area (Å²) >= 11 is 0. The second kappa shape index (κ2) is 5.11. The van der Waals surface area contributed by atoms with E-state index in [0.29, 0.717) is 25.8 Å². The number of carbonyl (C=O) groups excluding carboxylic acids is 2. The van der Waals surface area contributed by atoms with E-state index in [9.17, 15) is 9.59 Å². The molecule has 0 aliphatic carbocycles. The molecule has 0 aromatic rings. The summed E-state index contributed by atoms with van der Waals surface area (Å²) in [5.41, 5.74) is 0. The summed E-state index contributed by atoms with van der Waals surface area (Å²) in [6.45, 7) is 2.21. The van der Waals surface area contributed by atoms with Gasteiger partial charge in [0.25, 0.3) is 0 Å². The van der Waals surface area contributed by atoms with Gasteiger partial charge < -0.3 is 15.3 Å². The van der Waals surface area contributed by atoms with Crippen molar-refractivity contribution in [2.45, 2.75) is 38.3 Å². The number of aliphatic hydroxyl groups is 1. The van der Waals surface area contributed by atoms with E-state index in [4.69, 9.17) is 5.11 Å². The Morgan fingerprint density at radius 1 is 1.73 bits per heavy atom. The van der Waals surface area contributed by atoms with Crippen molar-refractivity contribution < 1.29 is 14.7 Å². The van der Waals surface area contributed by atoms with Gasteiger partial charge in [0.05, 0.1) is 6.10 Å². The minimum atomic E-state index is -0.404. The fourth-order valence-electron chi connectivity index (χ4n) is 1.56. The molecule has 5 nitrogen and oxygen atoms in total. The molecule has 86 valence electrons. The van der Waals surface area contributed by atoms with Crippen molar-refractivity contribution in [2.75, 3.05) is 13.6 Å². The zero-order valence-corrected chi connectivity index (χ0v) is 9.19. The van der Waals surface area contributed by atoms with E-state index in [2.05, 4.69) is 5.32 Å². The van der Waals surface area contributed by atoms with Crippen LogP contribution in [0.4, 0.5) is 0 Å². The smallest absolute Gasteiger partial charge is 0.244 e. The number of likely N-dealkylation sites (N-methyl/N-ethyl adjacent to an activating group) is 1. The van der Waals surface area contributed by atoms with E-state index in [0.717, 1.165) is 0 Å². The number of rotatable bonds is 4. The van der Waals surface area contributed by atoms with Gasteiger partial charge in [0.1, 0.15) is 6.04 Å². The van der Waals surface area contributed by atoms with Gasteiger partial charge in [0.2, 0.25) is 11.8 Å². The molecule has 15 heavy (non-hydrogen) atoms. The highest BCUT2D eigenvalue weighted by molar-refractivity contribution is 5.90. The molecule has 1 rings (SSSR count). The van der Waals surface area contributed by atoms with E-state index in [1.807, 2.05) is 0 Å². The van der Waals surface area contributed by atoms with E-state index >= 15 is 0 Å². The average molecular weight is 214 g/mol. The second-order valence-corrected chi connectivity index (χ2v) is 4.06. The number of hydrogen-bond acceptors (Lipinski definition) is 3. The highest BCUT2D eigenvalue weighted by atomic mass is 16.3. The van der Waals surface area contributed by atoms with E-state index < -0.39 is 6.10 Å². The molecule has 1 aliphatic rings. The highest BCUT2D eigenvalue weighted by Gasteiger charge is 2.29. The van der Waals surface area contributed by atoms with Crippen LogP contribution < -0.4 is 5.32 Å². The average Bonchev–Trinajstić information content (AvgIpc) is 2.60.